The number of aliphatic imine (C=N–C) groups is 1. The number of ether oxygens (including phenoxy) is 2. The summed E-state index contributed by atoms with van der Waals surface area (Å²) in [6, 6.07) is 8.20. The first kappa shape index (κ1) is 18.8. The Labute approximate surface area is 175 Å². The van der Waals surface area contributed by atoms with Gasteiger partial charge in [-0.25, -0.2) is 14.8 Å². The summed E-state index contributed by atoms with van der Waals surface area (Å²) in [5, 5.41) is 0. The van der Waals surface area contributed by atoms with Crippen LogP contribution in [0, 0.1) is 0 Å². The van der Waals surface area contributed by atoms with Crippen LogP contribution in [0.4, 0.5) is 10.6 Å². The fourth-order valence-corrected chi connectivity index (χ4v) is 3.91. The van der Waals surface area contributed by atoms with Crippen molar-refractivity contribution in [3.05, 3.63) is 47.4 Å². The summed E-state index contributed by atoms with van der Waals surface area (Å²) in [6.07, 6.45) is 3.50. The van der Waals surface area contributed by atoms with Crippen molar-refractivity contribution in [3.8, 4) is 5.75 Å². The lowest BCUT2D eigenvalue weighted by atomic mass is 10.0. The standard InChI is InChI=1S/C22H25N5O3/c1-22(5-6-22)30-16-4-3-15-13-23-20(17(15)11-16)18-12-19(25-14-24-18)26-7-9-27(10-8-26)21(28)29-2/h3-4,11-12,14H,5-10,13H2,1-2H3. The summed E-state index contributed by atoms with van der Waals surface area (Å²) in [6.45, 7) is 5.41. The summed E-state index contributed by atoms with van der Waals surface area (Å²) in [4.78, 5) is 29.3. The number of hydrogen-bond acceptors (Lipinski definition) is 7. The maximum Gasteiger partial charge on any atom is 0.409 e. The number of nitrogens with zero attached hydrogens (tertiary/aromatic N) is 5. The molecule has 3 aliphatic rings. The Balaban J connectivity index is 1.35. The van der Waals surface area contributed by atoms with E-state index in [9.17, 15) is 4.79 Å². The van der Waals surface area contributed by atoms with E-state index in [0.29, 0.717) is 32.7 Å². The normalized spacial score (nSPS) is 19.2. The third-order valence-corrected chi connectivity index (χ3v) is 5.99. The third-order valence-electron chi connectivity index (χ3n) is 5.99. The number of rotatable bonds is 4. The Morgan fingerprint density at radius 3 is 2.63 bits per heavy atom. The highest BCUT2D eigenvalue weighted by Gasteiger charge is 2.40. The number of hydrogen-bond donors (Lipinski definition) is 0. The number of benzene rings is 1. The third kappa shape index (κ3) is 3.58. The zero-order chi connectivity index (χ0) is 20.7. The largest absolute Gasteiger partial charge is 0.488 e. The van der Waals surface area contributed by atoms with Gasteiger partial charge >= 0.3 is 6.09 Å². The van der Waals surface area contributed by atoms with Crippen molar-refractivity contribution in [2.75, 3.05) is 38.2 Å². The zero-order valence-corrected chi connectivity index (χ0v) is 17.3. The van der Waals surface area contributed by atoms with E-state index in [1.54, 1.807) is 11.2 Å². The Bertz CT molecular complexity index is 1010. The molecule has 0 atom stereocenters. The smallest absolute Gasteiger partial charge is 0.409 e. The molecule has 0 unspecified atom stereocenters. The number of methoxy groups -OCH3 is 1. The van der Waals surface area contributed by atoms with Crippen molar-refractivity contribution in [2.45, 2.75) is 31.9 Å². The molecule has 0 radical (unpaired) electrons. The fraction of sp³-hybridized carbons (Fsp3) is 0.455. The first-order chi connectivity index (χ1) is 14.5. The van der Waals surface area contributed by atoms with Crippen molar-refractivity contribution in [3.63, 3.8) is 0 Å². The topological polar surface area (TPSA) is 80.2 Å². The highest BCUT2D eigenvalue weighted by Crippen LogP contribution is 2.40. The summed E-state index contributed by atoms with van der Waals surface area (Å²) >= 11 is 0. The first-order valence-corrected chi connectivity index (χ1v) is 10.3. The first-order valence-electron chi connectivity index (χ1n) is 10.3. The van der Waals surface area contributed by atoms with Crippen LogP contribution in [0.5, 0.6) is 5.75 Å². The van der Waals surface area contributed by atoms with Crippen LogP contribution >= 0.6 is 0 Å². The summed E-state index contributed by atoms with van der Waals surface area (Å²) in [5.74, 6) is 1.73. The predicted octanol–water partition coefficient (Wildman–Crippen LogP) is 2.65. The second-order valence-electron chi connectivity index (χ2n) is 8.24. The fourth-order valence-electron chi connectivity index (χ4n) is 3.91. The molecule has 8 heteroatoms. The van der Waals surface area contributed by atoms with E-state index in [1.165, 1.54) is 12.7 Å². The van der Waals surface area contributed by atoms with Gasteiger partial charge in [-0.05, 0) is 37.5 Å². The van der Waals surface area contributed by atoms with Gasteiger partial charge in [-0.1, -0.05) is 6.07 Å². The number of fused-ring (bicyclic) bond motifs is 1. The van der Waals surface area contributed by atoms with Gasteiger partial charge < -0.3 is 19.3 Å². The predicted molar refractivity (Wildman–Crippen MR) is 112 cm³/mol. The van der Waals surface area contributed by atoms with Crippen molar-refractivity contribution >= 4 is 17.6 Å². The molecule has 2 fully saturated rings. The lowest BCUT2D eigenvalue weighted by Gasteiger charge is -2.34. The second kappa shape index (κ2) is 7.27. The molecule has 2 aromatic rings. The molecule has 2 aliphatic heterocycles. The molecule has 0 bridgehead atoms. The van der Waals surface area contributed by atoms with Gasteiger partial charge in [0.05, 0.1) is 25.1 Å². The van der Waals surface area contributed by atoms with Crippen molar-refractivity contribution < 1.29 is 14.3 Å². The molecule has 1 aromatic heterocycles. The highest BCUT2D eigenvalue weighted by atomic mass is 16.5. The molecule has 1 aliphatic carbocycles. The SMILES string of the molecule is COC(=O)N1CCN(c2cc(C3=NCc4ccc(OC5(C)CC5)cc43)ncn2)CC1. The number of anilines is 1. The van der Waals surface area contributed by atoms with Crippen LogP contribution in [-0.2, 0) is 11.3 Å². The molecular formula is C22H25N5O3. The summed E-state index contributed by atoms with van der Waals surface area (Å²) < 4.78 is 11.0. The molecule has 8 nitrogen and oxygen atoms in total. The number of carbonyl (C=O) groups is 1. The lowest BCUT2D eigenvalue weighted by Crippen LogP contribution is -2.49. The average Bonchev–Trinajstić information content (AvgIpc) is 3.35. The van der Waals surface area contributed by atoms with Gasteiger partial charge in [0.2, 0.25) is 0 Å². The summed E-state index contributed by atoms with van der Waals surface area (Å²) in [5.41, 5.74) is 3.94. The van der Waals surface area contributed by atoms with E-state index in [0.717, 1.165) is 41.4 Å². The van der Waals surface area contributed by atoms with Crippen LogP contribution in [0.15, 0.2) is 35.6 Å². The minimum Gasteiger partial charge on any atom is -0.488 e. The van der Waals surface area contributed by atoms with E-state index in [-0.39, 0.29) is 11.7 Å². The number of piperazine rings is 1. The molecule has 1 saturated carbocycles. The van der Waals surface area contributed by atoms with Gasteiger partial charge in [0, 0.05) is 37.8 Å². The molecule has 3 heterocycles. The average molecular weight is 407 g/mol. The number of amides is 1. The van der Waals surface area contributed by atoms with Gasteiger partial charge in [-0.3, -0.25) is 4.99 Å². The maximum absolute atomic E-state index is 11.7. The molecular weight excluding hydrogens is 382 g/mol. The van der Waals surface area contributed by atoms with E-state index < -0.39 is 0 Å². The van der Waals surface area contributed by atoms with Gasteiger partial charge in [-0.15, -0.1) is 0 Å². The van der Waals surface area contributed by atoms with Crippen LogP contribution in [0.25, 0.3) is 0 Å². The van der Waals surface area contributed by atoms with Crippen molar-refractivity contribution in [1.82, 2.24) is 14.9 Å². The zero-order valence-electron chi connectivity index (χ0n) is 17.3. The van der Waals surface area contributed by atoms with Gasteiger partial charge in [-0.2, -0.15) is 0 Å². The molecule has 1 saturated heterocycles. The van der Waals surface area contributed by atoms with Crippen LogP contribution in [0.3, 0.4) is 0 Å². The molecule has 1 aromatic carbocycles. The van der Waals surface area contributed by atoms with E-state index in [4.69, 9.17) is 14.5 Å². The summed E-state index contributed by atoms with van der Waals surface area (Å²) in [7, 11) is 1.41. The monoisotopic (exact) mass is 407 g/mol. The molecule has 30 heavy (non-hydrogen) atoms. The minimum absolute atomic E-state index is 0.0153. The molecule has 5 rings (SSSR count). The van der Waals surface area contributed by atoms with Crippen LogP contribution in [0.1, 0.15) is 36.6 Å². The quantitative estimate of drug-likeness (QED) is 0.775. The molecule has 0 N–H and O–H groups in total. The number of aromatic nitrogens is 2. The van der Waals surface area contributed by atoms with Gasteiger partial charge in [0.1, 0.15) is 23.5 Å². The minimum atomic E-state index is -0.284. The Morgan fingerprint density at radius 1 is 1.10 bits per heavy atom. The highest BCUT2D eigenvalue weighted by molar-refractivity contribution is 6.14. The molecule has 0 spiro atoms. The van der Waals surface area contributed by atoms with E-state index in [2.05, 4.69) is 33.9 Å². The Kier molecular flexibility index (Phi) is 4.56. The van der Waals surface area contributed by atoms with Crippen molar-refractivity contribution in [1.29, 1.82) is 0 Å². The Morgan fingerprint density at radius 2 is 1.90 bits per heavy atom. The maximum atomic E-state index is 11.7. The number of carbonyl (C=O) groups excluding carboxylic acids is 1. The van der Waals surface area contributed by atoms with Crippen LogP contribution < -0.4 is 9.64 Å². The van der Waals surface area contributed by atoms with E-state index >= 15 is 0 Å². The van der Waals surface area contributed by atoms with Crippen molar-refractivity contribution in [2.24, 2.45) is 4.99 Å². The van der Waals surface area contributed by atoms with Gasteiger partial charge in [0.15, 0.2) is 0 Å². The van der Waals surface area contributed by atoms with E-state index in [1.807, 2.05) is 12.1 Å². The molecule has 1 amide bonds. The van der Waals surface area contributed by atoms with Crippen LogP contribution in [0.2, 0.25) is 0 Å². The van der Waals surface area contributed by atoms with Crippen LogP contribution in [-0.4, -0.2) is 65.6 Å². The lowest BCUT2D eigenvalue weighted by molar-refractivity contribution is 0.121. The second-order valence-corrected chi connectivity index (χ2v) is 8.24. The molecule has 156 valence electrons. The van der Waals surface area contributed by atoms with Gasteiger partial charge in [0.25, 0.3) is 0 Å². The Hall–Kier alpha value is -3.16.